The van der Waals surface area contributed by atoms with Crippen molar-refractivity contribution in [2.75, 3.05) is 5.73 Å². The molecule has 0 saturated carbocycles. The Morgan fingerprint density at radius 2 is 2.15 bits per heavy atom. The molecule has 13 heavy (non-hydrogen) atoms. The van der Waals surface area contributed by atoms with Crippen LogP contribution in [0.1, 0.15) is 0 Å². The Morgan fingerprint density at radius 1 is 1.38 bits per heavy atom. The summed E-state index contributed by atoms with van der Waals surface area (Å²) in [5, 5.41) is 21.9. The summed E-state index contributed by atoms with van der Waals surface area (Å²) in [4.78, 5) is 0. The summed E-state index contributed by atoms with van der Waals surface area (Å²) in [5.74, 6) is 0.248. The summed E-state index contributed by atoms with van der Waals surface area (Å²) in [6, 6.07) is 4.66. The SMILES string of the molecule is Nc1noc2ccc(B(O)O)cc12. The van der Waals surface area contributed by atoms with E-state index < -0.39 is 7.12 Å². The zero-order chi connectivity index (χ0) is 9.42. The highest BCUT2D eigenvalue weighted by atomic mass is 16.5. The lowest BCUT2D eigenvalue weighted by Gasteiger charge is -1.97. The number of hydrogen-bond donors (Lipinski definition) is 3. The van der Waals surface area contributed by atoms with E-state index in [1.807, 2.05) is 0 Å². The van der Waals surface area contributed by atoms with Gasteiger partial charge < -0.3 is 20.3 Å². The molecule has 1 aromatic carbocycles. The van der Waals surface area contributed by atoms with Gasteiger partial charge in [0.15, 0.2) is 11.4 Å². The Labute approximate surface area is 73.9 Å². The van der Waals surface area contributed by atoms with E-state index in [2.05, 4.69) is 5.16 Å². The van der Waals surface area contributed by atoms with E-state index in [4.69, 9.17) is 20.3 Å². The van der Waals surface area contributed by atoms with Gasteiger partial charge in [0.1, 0.15) is 0 Å². The number of nitrogen functional groups attached to an aromatic ring is 1. The first-order valence-electron chi connectivity index (χ1n) is 3.69. The number of fused-ring (bicyclic) bond motifs is 1. The summed E-state index contributed by atoms with van der Waals surface area (Å²) < 4.78 is 4.85. The predicted molar refractivity (Wildman–Crippen MR) is 48.2 cm³/mol. The number of anilines is 1. The maximum atomic E-state index is 8.88. The van der Waals surface area contributed by atoms with E-state index in [-0.39, 0.29) is 5.82 Å². The fourth-order valence-corrected chi connectivity index (χ4v) is 1.14. The van der Waals surface area contributed by atoms with E-state index in [0.29, 0.717) is 16.4 Å². The molecular formula is C7H7BN2O3. The number of aromatic nitrogens is 1. The van der Waals surface area contributed by atoms with Gasteiger partial charge in [0.25, 0.3) is 0 Å². The van der Waals surface area contributed by atoms with Crippen LogP contribution in [0.5, 0.6) is 0 Å². The highest BCUT2D eigenvalue weighted by Crippen LogP contribution is 2.17. The standard InChI is InChI=1S/C7H7BN2O3/c9-7-5-3-4(8(11)12)1-2-6(5)13-10-7/h1-3,11-12H,(H2,9,10). The Balaban J connectivity index is 2.66. The summed E-state index contributed by atoms with van der Waals surface area (Å²) in [5.41, 5.74) is 6.37. The normalized spacial score (nSPS) is 10.6. The van der Waals surface area contributed by atoms with E-state index >= 15 is 0 Å². The molecule has 6 heteroatoms. The molecule has 1 aromatic heterocycles. The first-order valence-corrected chi connectivity index (χ1v) is 3.69. The Hall–Kier alpha value is -1.53. The molecule has 0 atom stereocenters. The molecule has 0 radical (unpaired) electrons. The molecule has 0 unspecified atom stereocenters. The van der Waals surface area contributed by atoms with Gasteiger partial charge >= 0.3 is 7.12 Å². The first-order chi connectivity index (χ1) is 6.18. The zero-order valence-corrected chi connectivity index (χ0v) is 6.64. The molecule has 0 aliphatic heterocycles. The fourth-order valence-electron chi connectivity index (χ4n) is 1.14. The molecule has 2 aromatic rings. The van der Waals surface area contributed by atoms with Gasteiger partial charge in [-0.05, 0) is 17.6 Å². The molecule has 0 spiro atoms. The minimum absolute atomic E-state index is 0.248. The van der Waals surface area contributed by atoms with Crippen molar-refractivity contribution in [3.05, 3.63) is 18.2 Å². The molecular weight excluding hydrogens is 171 g/mol. The van der Waals surface area contributed by atoms with Crippen LogP contribution in [0.2, 0.25) is 0 Å². The van der Waals surface area contributed by atoms with Gasteiger partial charge in [-0.1, -0.05) is 11.2 Å². The summed E-state index contributed by atoms with van der Waals surface area (Å²) in [7, 11) is -1.50. The van der Waals surface area contributed by atoms with Crippen LogP contribution in [-0.4, -0.2) is 22.3 Å². The number of nitrogens with two attached hydrogens (primary N) is 1. The molecule has 1 heterocycles. The minimum Gasteiger partial charge on any atom is -0.423 e. The first kappa shape index (κ1) is 8.09. The Kier molecular flexibility index (Phi) is 1.71. The second-order valence-electron chi connectivity index (χ2n) is 2.70. The highest BCUT2D eigenvalue weighted by Gasteiger charge is 2.13. The van der Waals surface area contributed by atoms with Gasteiger partial charge in [-0.2, -0.15) is 0 Å². The van der Waals surface area contributed by atoms with Crippen LogP contribution in [0.3, 0.4) is 0 Å². The molecule has 66 valence electrons. The Bertz CT molecular complexity index is 440. The van der Waals surface area contributed by atoms with Gasteiger partial charge in [-0.3, -0.25) is 0 Å². The van der Waals surface area contributed by atoms with Crippen LogP contribution in [0.15, 0.2) is 22.7 Å². The number of hydrogen-bond acceptors (Lipinski definition) is 5. The third-order valence-corrected chi connectivity index (χ3v) is 1.82. The van der Waals surface area contributed by atoms with Gasteiger partial charge in [0.05, 0.1) is 5.39 Å². The smallest absolute Gasteiger partial charge is 0.423 e. The molecule has 2 rings (SSSR count). The van der Waals surface area contributed by atoms with Crippen molar-refractivity contribution < 1.29 is 14.6 Å². The molecule has 0 fully saturated rings. The van der Waals surface area contributed by atoms with Crippen molar-refractivity contribution in [2.24, 2.45) is 0 Å². The van der Waals surface area contributed by atoms with Gasteiger partial charge in [0, 0.05) is 0 Å². The summed E-state index contributed by atoms with van der Waals surface area (Å²) in [6.45, 7) is 0. The Morgan fingerprint density at radius 3 is 2.85 bits per heavy atom. The maximum Gasteiger partial charge on any atom is 0.488 e. The van der Waals surface area contributed by atoms with Crippen molar-refractivity contribution in [1.29, 1.82) is 0 Å². The van der Waals surface area contributed by atoms with E-state index in [1.165, 1.54) is 12.1 Å². The quantitative estimate of drug-likeness (QED) is 0.491. The predicted octanol–water partition coefficient (Wildman–Crippen LogP) is -0.910. The second kappa shape index (κ2) is 2.76. The van der Waals surface area contributed by atoms with Crippen LogP contribution in [0.25, 0.3) is 11.0 Å². The van der Waals surface area contributed by atoms with Crippen molar-refractivity contribution >= 4 is 29.4 Å². The third kappa shape index (κ3) is 1.26. The average molecular weight is 178 g/mol. The lowest BCUT2D eigenvalue weighted by molar-refractivity contribution is 0.426. The fraction of sp³-hybridized carbons (Fsp3) is 0. The molecule has 0 amide bonds. The topological polar surface area (TPSA) is 92.5 Å². The number of rotatable bonds is 1. The van der Waals surface area contributed by atoms with Crippen molar-refractivity contribution in [3.63, 3.8) is 0 Å². The van der Waals surface area contributed by atoms with Gasteiger partial charge in [-0.25, -0.2) is 0 Å². The lowest BCUT2D eigenvalue weighted by atomic mass is 9.80. The molecule has 4 N–H and O–H groups in total. The zero-order valence-electron chi connectivity index (χ0n) is 6.64. The van der Waals surface area contributed by atoms with Crippen LogP contribution in [-0.2, 0) is 0 Å². The average Bonchev–Trinajstić information content (AvgIpc) is 2.47. The maximum absolute atomic E-state index is 8.88. The summed E-state index contributed by atoms with van der Waals surface area (Å²) in [6.07, 6.45) is 0. The molecule has 5 nitrogen and oxygen atoms in total. The molecule has 0 aliphatic carbocycles. The van der Waals surface area contributed by atoms with Gasteiger partial charge in [0.2, 0.25) is 0 Å². The van der Waals surface area contributed by atoms with Gasteiger partial charge in [-0.15, -0.1) is 0 Å². The van der Waals surface area contributed by atoms with Crippen molar-refractivity contribution in [3.8, 4) is 0 Å². The number of nitrogens with zero attached hydrogens (tertiary/aromatic N) is 1. The van der Waals surface area contributed by atoms with Crippen LogP contribution < -0.4 is 11.2 Å². The minimum atomic E-state index is -1.50. The van der Waals surface area contributed by atoms with E-state index in [1.54, 1.807) is 6.07 Å². The second-order valence-corrected chi connectivity index (χ2v) is 2.70. The molecule has 0 saturated heterocycles. The van der Waals surface area contributed by atoms with E-state index in [9.17, 15) is 0 Å². The lowest BCUT2D eigenvalue weighted by Crippen LogP contribution is -2.29. The monoisotopic (exact) mass is 178 g/mol. The van der Waals surface area contributed by atoms with Crippen LogP contribution in [0.4, 0.5) is 5.82 Å². The highest BCUT2D eigenvalue weighted by molar-refractivity contribution is 6.58. The molecule has 0 bridgehead atoms. The molecule has 0 aliphatic rings. The van der Waals surface area contributed by atoms with Crippen LogP contribution >= 0.6 is 0 Å². The largest absolute Gasteiger partial charge is 0.488 e. The number of benzene rings is 1. The third-order valence-electron chi connectivity index (χ3n) is 1.82. The van der Waals surface area contributed by atoms with Crippen molar-refractivity contribution in [1.82, 2.24) is 5.16 Å². The van der Waals surface area contributed by atoms with Crippen LogP contribution in [0, 0.1) is 0 Å². The summed E-state index contributed by atoms with van der Waals surface area (Å²) >= 11 is 0. The van der Waals surface area contributed by atoms with Crippen molar-refractivity contribution in [2.45, 2.75) is 0 Å². The van der Waals surface area contributed by atoms with E-state index in [0.717, 1.165) is 0 Å².